The van der Waals surface area contributed by atoms with Crippen LogP contribution in [0.4, 0.5) is 0 Å². The molecule has 166 valence electrons. The SMILES string of the molecule is [Ag].[Al].[Au].[C].[C].[C].[C].[C].[C].[C].[C].[C].[Co].[Cr].[Cr].[Cu].[Fe].[Ge].[Mn].[Mo].[Ni].[Ni].[Pb].[Ta].[Ti].[V].[W].[Zr]. The molecular weight excluding hydrogens is 1830 g/mol. The van der Waals surface area contributed by atoms with E-state index in [1.165, 1.54) is 0 Å². The number of hydrogen-bond acceptors (Lipinski definition) is 0. The van der Waals surface area contributed by atoms with Gasteiger partial charge in [0.2, 0.25) is 0 Å². The molecule has 0 heterocycles. The molecule has 0 saturated carbocycles. The third-order valence-corrected chi connectivity index (χ3v) is 0. The van der Waals surface area contributed by atoms with Crippen molar-refractivity contribution in [3.63, 3.8) is 0 Å². The van der Waals surface area contributed by atoms with Gasteiger partial charge in [-0.2, -0.15) is 0 Å². The Hall–Kier alpha value is 11.9. The van der Waals surface area contributed by atoms with Gasteiger partial charge in [0.25, 0.3) is 0 Å². The van der Waals surface area contributed by atoms with Crippen LogP contribution in [0.1, 0.15) is 0 Å². The summed E-state index contributed by atoms with van der Waals surface area (Å²) in [6.45, 7) is 0. The Morgan fingerprint density at radius 3 is 0.643 bits per heavy atom. The van der Waals surface area contributed by atoms with E-state index in [4.69, 9.17) is 0 Å². The molecule has 0 aliphatic carbocycles. The minimum Gasteiger partial charge on any atom is 0 e. The summed E-state index contributed by atoms with van der Waals surface area (Å²) in [5, 5.41) is 0. The number of hydrogen-bond donors (Lipinski definition) is 0. The molecule has 0 unspecified atom stereocenters. The Morgan fingerprint density at radius 2 is 0.643 bits per heavy atom. The van der Waals surface area contributed by atoms with Crippen LogP contribution in [0.5, 0.6) is 0 Å². The fourth-order valence-electron chi connectivity index (χ4n) is 0. The van der Waals surface area contributed by atoms with Crippen LogP contribution in [0, 0.1) is 66.8 Å². The zero-order valence-corrected chi connectivity index (χ0v) is 45.4. The van der Waals surface area contributed by atoms with Crippen LogP contribution in [0.2, 0.25) is 0 Å². The molecule has 0 saturated heterocycles. The average Bonchev–Trinajstić information content (AvgIpc) is 0. The molecular formula is C9AgAlAuCoCr2CuFeGeMnMoNi2PbTaTiVWZr. The molecule has 54 radical (unpaired) electrons. The molecule has 0 bridgehead atoms. The zero-order chi connectivity index (χ0) is 0. The fourth-order valence-corrected chi connectivity index (χ4v) is 0. The molecule has 0 atom stereocenters. The minimum atomic E-state index is 0. The Balaban J connectivity index is 0. The van der Waals surface area contributed by atoms with Crippen molar-refractivity contribution >= 4 is 62.3 Å². The first kappa shape index (κ1) is 427. The molecule has 0 aromatic carbocycles. The van der Waals surface area contributed by atoms with E-state index in [0.717, 1.165) is 0 Å². The third kappa shape index (κ3) is 365. The quantitative estimate of drug-likeness (QED) is 0.289. The summed E-state index contributed by atoms with van der Waals surface area (Å²) < 4.78 is 0. The Labute approximate surface area is 430 Å². The van der Waals surface area contributed by atoms with Crippen LogP contribution in [0.15, 0.2) is 0 Å². The van der Waals surface area contributed by atoms with E-state index in [9.17, 15) is 0 Å². The maximum Gasteiger partial charge on any atom is 0 e. The van der Waals surface area contributed by atoms with Gasteiger partial charge in [0.1, 0.15) is 0 Å². The molecule has 0 N–H and O–H groups in total. The molecule has 0 aliphatic heterocycles. The van der Waals surface area contributed by atoms with Crippen molar-refractivity contribution in [2.45, 2.75) is 0 Å². The van der Waals surface area contributed by atoms with E-state index in [-0.39, 0.29) is 441 Å². The van der Waals surface area contributed by atoms with E-state index in [1.54, 1.807) is 0 Å². The smallest absolute Gasteiger partial charge is 0 e. The molecule has 0 fully saturated rings. The maximum atomic E-state index is 0. The van der Waals surface area contributed by atoms with Gasteiger partial charge >= 0.3 is 0 Å². The van der Waals surface area contributed by atoms with Crippen molar-refractivity contribution in [3.8, 4) is 0 Å². The van der Waals surface area contributed by atoms with Gasteiger partial charge in [-0.3, -0.25) is 0 Å². The first-order valence-corrected chi connectivity index (χ1v) is 0. The van der Waals surface area contributed by atoms with Crippen molar-refractivity contribution in [1.82, 2.24) is 0 Å². The van der Waals surface area contributed by atoms with Gasteiger partial charge in [-0.1, -0.05) is 0 Å². The second-order valence-electron chi connectivity index (χ2n) is 0. The van der Waals surface area contributed by atoms with Gasteiger partial charge in [-0.25, -0.2) is 0 Å². The summed E-state index contributed by atoms with van der Waals surface area (Å²) in [6.07, 6.45) is 0. The Morgan fingerprint density at radius 1 is 0.643 bits per heavy atom. The van der Waals surface area contributed by atoms with Crippen LogP contribution in [0.25, 0.3) is 0 Å². The summed E-state index contributed by atoms with van der Waals surface area (Å²) in [5.74, 6) is 0. The zero-order valence-electron chi connectivity index (χ0n) is 12.2. The van der Waals surface area contributed by atoms with E-state index in [2.05, 4.69) is 0 Å². The van der Waals surface area contributed by atoms with Crippen molar-refractivity contribution in [2.24, 2.45) is 0 Å². The summed E-state index contributed by atoms with van der Waals surface area (Å²) in [6, 6.07) is 0. The monoisotopic (exact) mass is 1820 g/mol. The van der Waals surface area contributed by atoms with Crippen LogP contribution in [-0.4, -0.2) is 62.3 Å². The summed E-state index contributed by atoms with van der Waals surface area (Å²) >= 11 is 0. The van der Waals surface area contributed by atoms with Gasteiger partial charge in [0.05, 0.1) is 0 Å². The van der Waals surface area contributed by atoms with Crippen LogP contribution in [-0.2, 0) is 311 Å². The summed E-state index contributed by atoms with van der Waals surface area (Å²) in [7, 11) is 0. The summed E-state index contributed by atoms with van der Waals surface area (Å²) in [4.78, 5) is 0. The first-order valence-electron chi connectivity index (χ1n) is 0. The largest absolute Gasteiger partial charge is 0 e. The maximum absolute atomic E-state index is 0. The standard InChI is InChI=1S/9C.Ag.Al.Au.Co.2Cr.Cu.Fe.Ge.Mn.Mo.2Ni.Pb.Ta.Ti.V.W.Zr. The average molecular weight is 1830 g/mol. The normalized spacial score (nSPS) is 0. The second kappa shape index (κ2) is 395. The van der Waals surface area contributed by atoms with Gasteiger partial charge in [-0.15, -0.1) is 0 Å². The van der Waals surface area contributed by atoms with Crippen LogP contribution >= 0.6 is 0 Å². The van der Waals surface area contributed by atoms with E-state index < -0.39 is 0 Å². The van der Waals surface area contributed by atoms with Crippen LogP contribution in [0.3, 0.4) is 0 Å². The van der Waals surface area contributed by atoms with Gasteiger partial charge < -0.3 is 0 Å². The molecule has 0 spiro atoms. The fraction of sp³-hybridized carbons (Fsp3) is 0. The van der Waals surface area contributed by atoms with Crippen molar-refractivity contribution in [1.29, 1.82) is 0 Å². The molecule has 0 amide bonds. The van der Waals surface area contributed by atoms with Gasteiger partial charge in [0.15, 0.2) is 0 Å². The Kier molecular flexibility index (Phi) is 6020. The molecule has 0 aromatic heterocycles. The number of rotatable bonds is 0. The predicted molar refractivity (Wildman–Crippen MR) is 46.4 cm³/mol. The van der Waals surface area contributed by atoms with Crippen LogP contribution < -0.4 is 0 Å². The van der Waals surface area contributed by atoms with E-state index >= 15 is 0 Å². The Bertz CT molecular complexity index is 102. The van der Waals surface area contributed by atoms with Gasteiger partial charge in [-0.05, 0) is 0 Å². The predicted octanol–water partition coefficient (Wildman–Crippen LogP) is -0.451. The molecule has 0 aliphatic rings. The topological polar surface area (TPSA) is 0 Å². The summed E-state index contributed by atoms with van der Waals surface area (Å²) in [5.41, 5.74) is 0. The third-order valence-electron chi connectivity index (χ3n) is 0. The molecule has 19 heteroatoms. The molecule has 0 aromatic rings. The minimum absolute atomic E-state index is 0. The second-order valence-corrected chi connectivity index (χ2v) is 0. The van der Waals surface area contributed by atoms with E-state index in [0.29, 0.717) is 0 Å². The van der Waals surface area contributed by atoms with Crippen molar-refractivity contribution in [3.05, 3.63) is 66.8 Å². The molecule has 0 rings (SSSR count). The van der Waals surface area contributed by atoms with E-state index in [1.807, 2.05) is 0 Å². The first-order chi connectivity index (χ1) is 0. The van der Waals surface area contributed by atoms with Gasteiger partial charge in [0, 0.05) is 441 Å². The van der Waals surface area contributed by atoms with Crippen molar-refractivity contribution in [2.75, 3.05) is 0 Å². The molecule has 28 heavy (non-hydrogen) atoms. The molecule has 0 nitrogen and oxygen atoms in total. The van der Waals surface area contributed by atoms with Crippen molar-refractivity contribution < 1.29 is 311 Å².